The van der Waals surface area contributed by atoms with Crippen LogP contribution in [0, 0.1) is 0 Å². The van der Waals surface area contributed by atoms with Crippen molar-refractivity contribution >= 4 is 11.9 Å². The fraction of sp³-hybridized carbons (Fsp3) is 0.440. The molecule has 2 aliphatic rings. The van der Waals surface area contributed by atoms with E-state index in [-0.39, 0.29) is 12.7 Å². The number of ether oxygens (including phenoxy) is 2. The van der Waals surface area contributed by atoms with E-state index in [0.717, 1.165) is 55.5 Å². The van der Waals surface area contributed by atoms with Gasteiger partial charge in [-0.15, -0.1) is 0 Å². The third-order valence-electron chi connectivity index (χ3n) is 5.85. The van der Waals surface area contributed by atoms with Gasteiger partial charge >= 0.3 is 0 Å². The number of rotatable bonds is 7. The zero-order valence-electron chi connectivity index (χ0n) is 19.0. The highest BCUT2D eigenvalue weighted by molar-refractivity contribution is 5.80. The number of hydrogen-bond acceptors (Lipinski definition) is 4. The second-order valence-corrected chi connectivity index (χ2v) is 8.22. The molecular weight excluding hydrogens is 404 g/mol. The topological polar surface area (TPSA) is 66.4 Å². The Kier molecular flexibility index (Phi) is 7.14. The minimum Gasteiger partial charge on any atom is -0.454 e. The molecule has 1 N–H and O–H groups in total. The van der Waals surface area contributed by atoms with Crippen LogP contribution >= 0.6 is 0 Å². The molecule has 0 aliphatic carbocycles. The number of carbonyl (C=O) groups excluding carboxylic acids is 1. The minimum absolute atomic E-state index is 0.216. The average molecular weight is 437 g/mol. The van der Waals surface area contributed by atoms with Crippen molar-refractivity contribution in [3.8, 4) is 11.5 Å². The van der Waals surface area contributed by atoms with Gasteiger partial charge in [-0.3, -0.25) is 9.79 Å². The lowest BCUT2D eigenvalue weighted by atomic mass is 9.99. The van der Waals surface area contributed by atoms with E-state index in [1.54, 1.807) is 0 Å². The van der Waals surface area contributed by atoms with E-state index in [0.29, 0.717) is 19.5 Å². The number of aliphatic imine (C=N–C) groups is 1. The number of benzene rings is 2. The van der Waals surface area contributed by atoms with Crippen molar-refractivity contribution in [2.75, 3.05) is 33.5 Å². The third kappa shape index (κ3) is 5.33. The van der Waals surface area contributed by atoms with Gasteiger partial charge in [0, 0.05) is 46.2 Å². The molecule has 0 spiro atoms. The largest absolute Gasteiger partial charge is 0.454 e. The molecule has 1 amide bonds. The summed E-state index contributed by atoms with van der Waals surface area (Å²) in [5.74, 6) is 2.63. The number of nitrogens with zero attached hydrogens (tertiary/aromatic N) is 3. The molecule has 2 aromatic carbocycles. The molecule has 170 valence electrons. The van der Waals surface area contributed by atoms with Gasteiger partial charge in [-0.25, -0.2) is 0 Å². The van der Waals surface area contributed by atoms with Gasteiger partial charge in [-0.05, 0) is 48.6 Å². The Morgan fingerprint density at radius 1 is 1.16 bits per heavy atom. The molecule has 7 nitrogen and oxygen atoms in total. The average Bonchev–Trinajstić information content (AvgIpc) is 3.28. The van der Waals surface area contributed by atoms with Gasteiger partial charge in [0.1, 0.15) is 0 Å². The summed E-state index contributed by atoms with van der Waals surface area (Å²) in [7, 11) is 2.02. The van der Waals surface area contributed by atoms with Crippen LogP contribution < -0.4 is 14.8 Å². The summed E-state index contributed by atoms with van der Waals surface area (Å²) in [5, 5.41) is 3.34. The number of carbonyl (C=O) groups is 1. The second kappa shape index (κ2) is 10.4. The fourth-order valence-corrected chi connectivity index (χ4v) is 4.14. The first-order valence-electron chi connectivity index (χ1n) is 11.4. The summed E-state index contributed by atoms with van der Waals surface area (Å²) in [6, 6.07) is 14.4. The molecule has 2 aromatic rings. The summed E-state index contributed by atoms with van der Waals surface area (Å²) in [6.45, 7) is 5.97. The maximum absolute atomic E-state index is 12.7. The van der Waals surface area contributed by atoms with Crippen molar-refractivity contribution in [1.29, 1.82) is 0 Å². The molecule has 0 fully saturated rings. The van der Waals surface area contributed by atoms with Gasteiger partial charge in [0.2, 0.25) is 12.7 Å². The third-order valence-corrected chi connectivity index (χ3v) is 5.85. The second-order valence-electron chi connectivity index (χ2n) is 8.22. The van der Waals surface area contributed by atoms with E-state index < -0.39 is 0 Å². The van der Waals surface area contributed by atoms with Crippen LogP contribution in [0.4, 0.5) is 0 Å². The van der Waals surface area contributed by atoms with Gasteiger partial charge in [0.15, 0.2) is 17.5 Å². The maximum atomic E-state index is 12.7. The molecule has 7 heteroatoms. The molecule has 4 rings (SSSR count). The summed E-state index contributed by atoms with van der Waals surface area (Å²) in [6.07, 6.45) is 2.20. The van der Waals surface area contributed by atoms with E-state index in [1.165, 1.54) is 11.1 Å². The van der Waals surface area contributed by atoms with Crippen LogP contribution in [0.2, 0.25) is 0 Å². The Hall–Kier alpha value is -3.22. The van der Waals surface area contributed by atoms with Crippen molar-refractivity contribution in [3.63, 3.8) is 0 Å². The SMILES string of the molecule is CCNC(=NCCCC(=O)N1CCc2ccccc2C1)N(C)Cc1ccc2c(c1)OCO2. The normalized spacial score (nSPS) is 14.8. The molecule has 0 atom stereocenters. The monoisotopic (exact) mass is 436 g/mol. The maximum Gasteiger partial charge on any atom is 0.231 e. The van der Waals surface area contributed by atoms with Crippen LogP contribution in [-0.2, 0) is 24.3 Å². The van der Waals surface area contributed by atoms with E-state index in [4.69, 9.17) is 14.5 Å². The minimum atomic E-state index is 0.216. The molecule has 0 unspecified atom stereocenters. The molecule has 0 saturated heterocycles. The zero-order valence-corrected chi connectivity index (χ0v) is 19.0. The Morgan fingerprint density at radius 3 is 2.81 bits per heavy atom. The molecule has 0 saturated carbocycles. The Labute approximate surface area is 190 Å². The highest BCUT2D eigenvalue weighted by atomic mass is 16.7. The van der Waals surface area contributed by atoms with Crippen LogP contribution in [0.3, 0.4) is 0 Å². The lowest BCUT2D eigenvalue weighted by Crippen LogP contribution is -2.38. The standard InChI is InChI=1S/C25H32N4O3/c1-3-26-25(28(2)16-19-10-11-22-23(15-19)32-18-31-22)27-13-6-9-24(30)29-14-12-20-7-4-5-8-21(20)17-29/h4-5,7-8,10-11,15H,3,6,9,12-14,16-18H2,1-2H3,(H,26,27). The molecule has 2 heterocycles. The molecule has 0 bridgehead atoms. The first kappa shape index (κ1) is 22.0. The lowest BCUT2D eigenvalue weighted by Gasteiger charge is -2.29. The fourth-order valence-electron chi connectivity index (χ4n) is 4.14. The summed E-state index contributed by atoms with van der Waals surface area (Å²) >= 11 is 0. The number of fused-ring (bicyclic) bond motifs is 2. The van der Waals surface area contributed by atoms with Crippen LogP contribution in [0.5, 0.6) is 11.5 Å². The van der Waals surface area contributed by atoms with Gasteiger partial charge in [0.25, 0.3) is 0 Å². The van der Waals surface area contributed by atoms with Gasteiger partial charge in [-0.1, -0.05) is 30.3 Å². The smallest absolute Gasteiger partial charge is 0.231 e. The molecule has 2 aliphatic heterocycles. The van der Waals surface area contributed by atoms with Crippen LogP contribution in [-0.4, -0.2) is 55.1 Å². The molecule has 32 heavy (non-hydrogen) atoms. The highest BCUT2D eigenvalue weighted by Crippen LogP contribution is 2.32. The number of hydrogen-bond donors (Lipinski definition) is 1. The summed E-state index contributed by atoms with van der Waals surface area (Å²) in [5.41, 5.74) is 3.76. The molecule has 0 aromatic heterocycles. The van der Waals surface area contributed by atoms with Crippen molar-refractivity contribution in [3.05, 3.63) is 59.2 Å². The molecule has 0 radical (unpaired) electrons. The first-order valence-corrected chi connectivity index (χ1v) is 11.4. The first-order chi connectivity index (χ1) is 15.6. The Bertz CT molecular complexity index is 975. The van der Waals surface area contributed by atoms with Gasteiger partial charge in [-0.2, -0.15) is 0 Å². The van der Waals surface area contributed by atoms with Gasteiger partial charge in [0.05, 0.1) is 0 Å². The van der Waals surface area contributed by atoms with E-state index in [2.05, 4.69) is 35.3 Å². The Balaban J connectivity index is 1.27. The van der Waals surface area contributed by atoms with E-state index in [9.17, 15) is 4.79 Å². The van der Waals surface area contributed by atoms with E-state index >= 15 is 0 Å². The highest BCUT2D eigenvalue weighted by Gasteiger charge is 2.20. The summed E-state index contributed by atoms with van der Waals surface area (Å²) in [4.78, 5) is 21.5. The van der Waals surface area contributed by atoms with Crippen molar-refractivity contribution in [2.24, 2.45) is 4.99 Å². The van der Waals surface area contributed by atoms with Crippen LogP contribution in [0.15, 0.2) is 47.5 Å². The molecular formula is C25H32N4O3. The van der Waals surface area contributed by atoms with E-state index in [1.807, 2.05) is 36.2 Å². The van der Waals surface area contributed by atoms with Gasteiger partial charge < -0.3 is 24.6 Å². The Morgan fingerprint density at radius 2 is 1.97 bits per heavy atom. The number of guanidine groups is 1. The predicted molar refractivity (Wildman–Crippen MR) is 125 cm³/mol. The van der Waals surface area contributed by atoms with Crippen LogP contribution in [0.1, 0.15) is 36.5 Å². The van der Waals surface area contributed by atoms with Crippen molar-refractivity contribution in [2.45, 2.75) is 39.3 Å². The predicted octanol–water partition coefficient (Wildman–Crippen LogP) is 3.18. The van der Waals surface area contributed by atoms with Crippen LogP contribution in [0.25, 0.3) is 0 Å². The number of amides is 1. The quantitative estimate of drug-likeness (QED) is 0.410. The lowest BCUT2D eigenvalue weighted by molar-refractivity contribution is -0.132. The zero-order chi connectivity index (χ0) is 22.3. The van der Waals surface area contributed by atoms with Crippen molar-refractivity contribution in [1.82, 2.24) is 15.1 Å². The van der Waals surface area contributed by atoms with Crippen molar-refractivity contribution < 1.29 is 14.3 Å². The summed E-state index contributed by atoms with van der Waals surface area (Å²) < 4.78 is 10.9. The number of nitrogens with one attached hydrogen (secondary N) is 1.